The van der Waals surface area contributed by atoms with Crippen molar-refractivity contribution >= 4 is 40.5 Å². The number of benzene rings is 3. The number of phenols is 2. The number of carbonyl (C=O) groups excluding carboxylic acids is 1. The lowest BCUT2D eigenvalue weighted by atomic mass is 9.77. The zero-order valence-electron chi connectivity index (χ0n) is 14.5. The molecule has 1 unspecified atom stereocenters. The van der Waals surface area contributed by atoms with E-state index in [0.29, 0.717) is 16.7 Å². The smallest absolute Gasteiger partial charge is 0.340 e. The fourth-order valence-corrected chi connectivity index (χ4v) is 4.41. The molecule has 0 aromatic heterocycles. The Kier molecular flexibility index (Phi) is 3.45. The van der Waals surface area contributed by atoms with E-state index >= 15 is 0 Å². The van der Waals surface area contributed by atoms with Crippen molar-refractivity contribution in [3.63, 3.8) is 0 Å². The Bertz CT molecular complexity index is 1260. The molecule has 0 saturated carbocycles. The van der Waals surface area contributed by atoms with Gasteiger partial charge in [0.1, 0.15) is 22.1 Å². The van der Waals surface area contributed by atoms with E-state index in [2.05, 4.69) is 0 Å². The molecule has 3 aromatic rings. The molecule has 146 valence electrons. The van der Waals surface area contributed by atoms with E-state index < -0.39 is 17.3 Å². The van der Waals surface area contributed by atoms with Crippen LogP contribution in [-0.2, 0) is 10.3 Å². The van der Waals surface area contributed by atoms with Gasteiger partial charge in [0.25, 0.3) is 0 Å². The van der Waals surface area contributed by atoms with Gasteiger partial charge >= 0.3 is 5.97 Å². The lowest BCUT2D eigenvalue weighted by Crippen LogP contribution is -2.34. The minimum Gasteiger partial charge on any atom is -0.506 e. The monoisotopic (exact) mass is 430 g/mol. The molecule has 1 atom stereocenters. The van der Waals surface area contributed by atoms with Crippen LogP contribution in [0.3, 0.4) is 0 Å². The van der Waals surface area contributed by atoms with Crippen LogP contribution in [0.25, 0.3) is 0 Å². The molecule has 2 heterocycles. The normalized spacial score (nSPS) is 18.6. The molecule has 3 aromatic carbocycles. The van der Waals surface area contributed by atoms with E-state index in [1.54, 1.807) is 24.3 Å². The van der Waals surface area contributed by atoms with E-state index in [1.165, 1.54) is 12.1 Å². The average Bonchev–Trinajstić information content (AvgIpc) is 3.01. The molecular formula is C20H12Cl2N2O5. The first-order valence-corrected chi connectivity index (χ1v) is 9.17. The van der Waals surface area contributed by atoms with E-state index in [0.717, 1.165) is 0 Å². The number of fused-ring (bicyclic) bond motifs is 6. The van der Waals surface area contributed by atoms with Gasteiger partial charge in [0.15, 0.2) is 22.8 Å². The summed E-state index contributed by atoms with van der Waals surface area (Å²) in [4.78, 5) is 12.8. The number of hydrogen-bond acceptors (Lipinski definition) is 7. The zero-order valence-corrected chi connectivity index (χ0v) is 16.0. The third-order valence-electron chi connectivity index (χ3n) is 5.23. The Morgan fingerprint density at radius 3 is 2.38 bits per heavy atom. The molecule has 29 heavy (non-hydrogen) atoms. The number of phenolic OH excluding ortho intramolecular Hbond substituents is 2. The highest BCUT2D eigenvalue weighted by molar-refractivity contribution is 6.44. The van der Waals surface area contributed by atoms with Gasteiger partial charge in [0.05, 0.1) is 21.7 Å². The maximum absolute atomic E-state index is 12.8. The second-order valence-corrected chi connectivity index (χ2v) is 7.44. The number of aromatic hydroxyl groups is 2. The van der Waals surface area contributed by atoms with E-state index in [-0.39, 0.29) is 44.2 Å². The van der Waals surface area contributed by atoms with Gasteiger partial charge in [-0.1, -0.05) is 41.4 Å². The number of ether oxygens (including phenoxy) is 2. The minimum atomic E-state index is -1.58. The number of hydrogen-bond donors (Lipinski definition) is 4. The van der Waals surface area contributed by atoms with Crippen LogP contribution in [0.1, 0.15) is 27.0 Å². The van der Waals surface area contributed by atoms with Gasteiger partial charge in [0.2, 0.25) is 0 Å². The molecule has 0 radical (unpaired) electrons. The SMILES string of the molecule is Nc1c(O)ccc2c1Oc1c(N)c(O)c(Cl)c(Cl)c1C21OC(=O)c2ccccc21. The summed E-state index contributed by atoms with van der Waals surface area (Å²) in [6, 6.07) is 9.64. The van der Waals surface area contributed by atoms with Crippen LogP contribution in [0.5, 0.6) is 23.0 Å². The topological polar surface area (TPSA) is 128 Å². The maximum Gasteiger partial charge on any atom is 0.340 e. The van der Waals surface area contributed by atoms with E-state index in [4.69, 9.17) is 44.1 Å². The summed E-state index contributed by atoms with van der Waals surface area (Å²) in [6.45, 7) is 0. The fraction of sp³-hybridized carbons (Fsp3) is 0.0500. The molecule has 0 bridgehead atoms. The van der Waals surface area contributed by atoms with Gasteiger partial charge in [0, 0.05) is 5.56 Å². The molecule has 6 N–H and O–H groups in total. The van der Waals surface area contributed by atoms with Crippen LogP contribution >= 0.6 is 23.2 Å². The molecule has 1 spiro atoms. The van der Waals surface area contributed by atoms with Gasteiger partial charge in [-0.25, -0.2) is 4.79 Å². The second-order valence-electron chi connectivity index (χ2n) is 6.69. The van der Waals surface area contributed by atoms with E-state index in [9.17, 15) is 15.0 Å². The lowest BCUT2D eigenvalue weighted by Gasteiger charge is -2.38. The molecule has 7 nitrogen and oxygen atoms in total. The Hall–Kier alpha value is -3.29. The summed E-state index contributed by atoms with van der Waals surface area (Å²) in [7, 11) is 0. The van der Waals surface area contributed by atoms with Crippen molar-refractivity contribution in [2.45, 2.75) is 5.60 Å². The third kappa shape index (κ3) is 2.01. The number of carbonyl (C=O) groups is 1. The Morgan fingerprint density at radius 2 is 1.62 bits per heavy atom. The van der Waals surface area contributed by atoms with Crippen LogP contribution in [0.4, 0.5) is 11.4 Å². The first-order valence-electron chi connectivity index (χ1n) is 8.41. The number of nitrogen functional groups attached to an aromatic ring is 2. The summed E-state index contributed by atoms with van der Waals surface area (Å²) in [5.74, 6) is -1.34. The maximum atomic E-state index is 12.8. The molecule has 0 aliphatic carbocycles. The predicted molar refractivity (Wildman–Crippen MR) is 107 cm³/mol. The van der Waals surface area contributed by atoms with Gasteiger partial charge in [-0.15, -0.1) is 0 Å². The lowest BCUT2D eigenvalue weighted by molar-refractivity contribution is 0.0225. The number of nitrogens with two attached hydrogens (primary N) is 2. The molecule has 0 saturated heterocycles. The van der Waals surface area contributed by atoms with Crippen LogP contribution in [0.15, 0.2) is 36.4 Å². The molecule has 0 fully saturated rings. The number of anilines is 2. The number of rotatable bonds is 0. The van der Waals surface area contributed by atoms with Crippen molar-refractivity contribution in [3.8, 4) is 23.0 Å². The molecule has 2 aliphatic heterocycles. The number of halogens is 2. The first-order chi connectivity index (χ1) is 13.8. The van der Waals surface area contributed by atoms with Crippen LogP contribution in [-0.4, -0.2) is 16.2 Å². The highest BCUT2D eigenvalue weighted by atomic mass is 35.5. The number of esters is 1. The summed E-state index contributed by atoms with van der Waals surface area (Å²) in [5, 5.41) is 20.1. The standard InChI is InChI=1S/C20H12Cl2N2O5/c21-12-11-18(15(24)16(26)13(12)22)28-17-9(5-6-10(25)14(17)23)20(11)8-4-2-1-3-7(8)19(27)29-20/h1-6,25-26H,23-24H2. The highest BCUT2D eigenvalue weighted by Crippen LogP contribution is 2.63. The van der Waals surface area contributed by atoms with Crippen LogP contribution in [0, 0.1) is 0 Å². The van der Waals surface area contributed by atoms with Crippen molar-refractivity contribution < 1.29 is 24.5 Å². The summed E-state index contributed by atoms with van der Waals surface area (Å²) >= 11 is 12.7. The molecule has 0 amide bonds. The Labute approximate surface area is 174 Å². The molecular weight excluding hydrogens is 419 g/mol. The Morgan fingerprint density at radius 1 is 0.897 bits per heavy atom. The highest BCUT2D eigenvalue weighted by Gasteiger charge is 2.56. The van der Waals surface area contributed by atoms with Crippen LogP contribution in [0.2, 0.25) is 10.0 Å². The molecule has 5 rings (SSSR count). The zero-order chi connectivity index (χ0) is 20.7. The van der Waals surface area contributed by atoms with Crippen molar-refractivity contribution in [2.75, 3.05) is 11.5 Å². The molecule has 2 aliphatic rings. The van der Waals surface area contributed by atoms with Gasteiger partial charge in [-0.05, 0) is 18.2 Å². The first kappa shape index (κ1) is 17.8. The second kappa shape index (κ2) is 5.62. The quantitative estimate of drug-likeness (QED) is 0.239. The minimum absolute atomic E-state index is 0.0338. The van der Waals surface area contributed by atoms with Crippen molar-refractivity contribution in [3.05, 3.63) is 68.7 Å². The van der Waals surface area contributed by atoms with Gasteiger partial charge in [-0.2, -0.15) is 0 Å². The summed E-state index contributed by atoms with van der Waals surface area (Å²) < 4.78 is 11.8. The van der Waals surface area contributed by atoms with Crippen molar-refractivity contribution in [1.29, 1.82) is 0 Å². The average molecular weight is 431 g/mol. The fourth-order valence-electron chi connectivity index (χ4n) is 3.91. The summed E-state index contributed by atoms with van der Waals surface area (Å²) in [5.41, 5.74) is 11.5. The largest absolute Gasteiger partial charge is 0.506 e. The van der Waals surface area contributed by atoms with Gasteiger partial charge < -0.3 is 31.2 Å². The van der Waals surface area contributed by atoms with Crippen LogP contribution < -0.4 is 16.2 Å². The van der Waals surface area contributed by atoms with Gasteiger partial charge in [-0.3, -0.25) is 0 Å². The van der Waals surface area contributed by atoms with Crippen molar-refractivity contribution in [1.82, 2.24) is 0 Å². The molecule has 9 heteroatoms. The third-order valence-corrected chi connectivity index (χ3v) is 6.07. The predicted octanol–water partition coefficient (Wildman–Crippen LogP) is 4.14. The van der Waals surface area contributed by atoms with E-state index in [1.807, 2.05) is 0 Å². The Balaban J connectivity index is 2.01. The van der Waals surface area contributed by atoms with Crippen molar-refractivity contribution in [2.24, 2.45) is 0 Å². The summed E-state index contributed by atoms with van der Waals surface area (Å²) in [6.07, 6.45) is 0.